The maximum Gasteiger partial charge on any atom is 0.408 e. The fourth-order valence-electron chi connectivity index (χ4n) is 8.67. The number of aromatic nitrogens is 1. The van der Waals surface area contributed by atoms with Crippen molar-refractivity contribution < 1.29 is 52.4 Å². The van der Waals surface area contributed by atoms with Crippen LogP contribution in [0.4, 0.5) is 9.18 Å². The zero-order chi connectivity index (χ0) is 41.3. The number of likely N-dealkylation sites (N-methyl/N-ethyl adjacent to an activating group) is 1. The molecule has 0 spiro atoms. The summed E-state index contributed by atoms with van der Waals surface area (Å²) in [6, 6.07) is 7.78. The number of cyclic esters (lactones) is 1. The second-order valence-corrected chi connectivity index (χ2v) is 16.3. The van der Waals surface area contributed by atoms with Crippen molar-refractivity contribution in [2.75, 3.05) is 21.2 Å². The van der Waals surface area contributed by atoms with Gasteiger partial charge in [0.1, 0.15) is 18.0 Å². The van der Waals surface area contributed by atoms with Gasteiger partial charge in [0.2, 0.25) is 0 Å². The Morgan fingerprint density at radius 1 is 1.09 bits per heavy atom. The molecule has 3 saturated heterocycles. The van der Waals surface area contributed by atoms with Gasteiger partial charge in [-0.05, 0) is 66.3 Å². The smallest absolute Gasteiger partial charge is 0.408 e. The van der Waals surface area contributed by atoms with Gasteiger partial charge in [-0.25, -0.2) is 14.0 Å². The third-order valence-corrected chi connectivity index (χ3v) is 12.0. The molecule has 2 aromatic rings. The minimum atomic E-state index is -3.37. The van der Waals surface area contributed by atoms with Crippen molar-refractivity contribution in [3.05, 3.63) is 42.1 Å². The van der Waals surface area contributed by atoms with E-state index in [2.05, 4.69) is 22.1 Å². The number of hydrogen-bond donors (Lipinski definition) is 2. The Bertz CT molecular complexity index is 1870. The highest BCUT2D eigenvalue weighted by Crippen LogP contribution is 2.41. The van der Waals surface area contributed by atoms with Gasteiger partial charge >= 0.3 is 12.1 Å². The summed E-state index contributed by atoms with van der Waals surface area (Å²) in [6.45, 7) is 11.4. The van der Waals surface area contributed by atoms with E-state index in [1.54, 1.807) is 33.8 Å². The molecule has 14 heteroatoms. The van der Waals surface area contributed by atoms with Gasteiger partial charge in [-0.3, -0.25) is 14.6 Å². The van der Waals surface area contributed by atoms with Crippen LogP contribution in [0.1, 0.15) is 79.7 Å². The average molecular weight is 782 g/mol. The SMILES string of the molecule is CC[C@@H]1OC(=O)C(F)(CC#Cc2cnc3ccccc3c2)C(=O)[C@H](C)[C@@H](O[C@@H]2O[C@H](C)C[C@H](N(C)C)[C@H]2O)[C@@](C)(OC)C[C@@H](C)C(=O)[C@@H](C)[C@H]2NC(=O)O[C@]12C. The maximum absolute atomic E-state index is 17.9. The summed E-state index contributed by atoms with van der Waals surface area (Å²) in [6.07, 6.45) is -5.20. The van der Waals surface area contributed by atoms with Crippen molar-refractivity contribution in [3.8, 4) is 11.8 Å². The zero-order valence-corrected chi connectivity index (χ0v) is 34.0. The van der Waals surface area contributed by atoms with Gasteiger partial charge in [0, 0.05) is 48.1 Å². The molecular formula is C42H56FN3O10. The van der Waals surface area contributed by atoms with Crippen molar-refractivity contribution in [1.29, 1.82) is 0 Å². The van der Waals surface area contributed by atoms with E-state index in [1.807, 2.05) is 50.2 Å². The van der Waals surface area contributed by atoms with E-state index in [4.69, 9.17) is 23.7 Å². The van der Waals surface area contributed by atoms with E-state index < -0.39 is 89.5 Å². The number of benzene rings is 1. The first-order valence-corrected chi connectivity index (χ1v) is 19.3. The van der Waals surface area contributed by atoms with Crippen LogP contribution in [0.15, 0.2) is 36.5 Å². The number of pyridine rings is 1. The van der Waals surface area contributed by atoms with Crippen LogP contribution in [0.3, 0.4) is 0 Å². The van der Waals surface area contributed by atoms with E-state index in [1.165, 1.54) is 27.2 Å². The summed E-state index contributed by atoms with van der Waals surface area (Å²) in [5, 5.41) is 15.0. The molecule has 13 nitrogen and oxygen atoms in total. The number of aliphatic hydroxyl groups is 1. The highest BCUT2D eigenvalue weighted by molar-refractivity contribution is 6.08. The Labute approximate surface area is 328 Å². The summed E-state index contributed by atoms with van der Waals surface area (Å²) < 4.78 is 48.2. The van der Waals surface area contributed by atoms with Crippen molar-refractivity contribution in [2.24, 2.45) is 17.8 Å². The van der Waals surface area contributed by atoms with Crippen LogP contribution in [0.25, 0.3) is 10.9 Å². The van der Waals surface area contributed by atoms with Crippen LogP contribution in [0, 0.1) is 29.6 Å². The van der Waals surface area contributed by atoms with E-state index in [-0.39, 0.29) is 30.8 Å². The lowest BCUT2D eigenvalue weighted by atomic mass is 9.73. The molecule has 1 unspecified atom stereocenters. The maximum atomic E-state index is 17.9. The lowest BCUT2D eigenvalue weighted by molar-refractivity contribution is -0.295. The summed E-state index contributed by atoms with van der Waals surface area (Å²) in [5.41, 5.74) is -5.31. The predicted molar refractivity (Wildman–Crippen MR) is 204 cm³/mol. The number of esters is 1. The molecule has 13 atom stereocenters. The number of alkyl carbamates (subject to hydrolysis) is 1. The number of alkyl halides is 1. The number of aliphatic hydroxyl groups excluding tert-OH is 1. The van der Waals surface area contributed by atoms with E-state index in [9.17, 15) is 24.3 Å². The third kappa shape index (κ3) is 8.34. The Hall–Kier alpha value is -4.00. The molecule has 4 heterocycles. The van der Waals surface area contributed by atoms with Crippen molar-refractivity contribution in [1.82, 2.24) is 15.2 Å². The van der Waals surface area contributed by atoms with Gasteiger partial charge in [-0.1, -0.05) is 57.7 Å². The van der Waals surface area contributed by atoms with Gasteiger partial charge in [0.15, 0.2) is 17.7 Å². The number of fused-ring (bicyclic) bond motifs is 2. The molecule has 3 fully saturated rings. The highest BCUT2D eigenvalue weighted by Gasteiger charge is 2.60. The summed E-state index contributed by atoms with van der Waals surface area (Å²) in [7, 11) is 5.01. The van der Waals surface area contributed by atoms with Gasteiger partial charge < -0.3 is 39.0 Å². The third-order valence-electron chi connectivity index (χ3n) is 12.0. The number of nitrogens with zero attached hydrogens (tertiary/aromatic N) is 2. The second kappa shape index (κ2) is 16.8. The van der Waals surface area contributed by atoms with E-state index >= 15 is 4.39 Å². The number of para-hydroxylation sites is 1. The van der Waals surface area contributed by atoms with Crippen LogP contribution in [-0.4, -0.2) is 119 Å². The van der Waals surface area contributed by atoms with Crippen molar-refractivity contribution in [3.63, 3.8) is 0 Å². The largest absolute Gasteiger partial charge is 0.455 e. The molecule has 0 radical (unpaired) electrons. The molecule has 0 saturated carbocycles. The Morgan fingerprint density at radius 3 is 2.45 bits per heavy atom. The van der Waals surface area contributed by atoms with E-state index in [0.29, 0.717) is 12.0 Å². The molecule has 1 aromatic heterocycles. The first-order valence-electron chi connectivity index (χ1n) is 19.3. The standard InChI is InChI=1S/C42H56FN3O10/c1-11-31-41(7)34(45-39(51)56-41)25(4)32(47)23(2)21-40(6,52-10)36(55-37-33(48)30(46(8)9)19-24(3)53-37)26(5)35(49)42(43,38(50)54-31)18-14-15-27-20-28-16-12-13-17-29(28)44-22-27/h12-13,16-17,20,22-26,30-31,33-34,36-37,48H,11,18-19,21H2,1-10H3,(H,45,51)/t23-,24-,25-,26+,30+,31+,33-,34-,36-,37+,40+,41-,42?/m1/s1. The van der Waals surface area contributed by atoms with Crippen LogP contribution in [-0.2, 0) is 38.1 Å². The number of halogens is 1. The van der Waals surface area contributed by atoms with Crippen LogP contribution >= 0.6 is 0 Å². The van der Waals surface area contributed by atoms with Crippen molar-refractivity contribution in [2.45, 2.75) is 134 Å². The number of rotatable bonds is 6. The van der Waals surface area contributed by atoms with Gasteiger partial charge in [0.25, 0.3) is 5.67 Å². The van der Waals surface area contributed by atoms with Crippen LogP contribution in [0.5, 0.6) is 0 Å². The molecule has 1 amide bonds. The minimum absolute atomic E-state index is 0.0294. The molecule has 56 heavy (non-hydrogen) atoms. The molecular weight excluding hydrogens is 725 g/mol. The fraction of sp³-hybridized carbons (Fsp3) is 0.643. The number of methoxy groups -OCH3 is 1. The summed E-state index contributed by atoms with van der Waals surface area (Å²) in [4.78, 5) is 62.4. The molecule has 0 bridgehead atoms. The lowest BCUT2D eigenvalue weighted by Crippen LogP contribution is -2.62. The number of ketones is 2. The highest BCUT2D eigenvalue weighted by atomic mass is 19.1. The van der Waals surface area contributed by atoms with Gasteiger partial charge in [0.05, 0.1) is 35.8 Å². The van der Waals surface area contributed by atoms with Crippen molar-refractivity contribution >= 4 is 34.5 Å². The second-order valence-electron chi connectivity index (χ2n) is 16.3. The zero-order valence-electron chi connectivity index (χ0n) is 34.0. The number of carbonyl (C=O) groups excluding carboxylic acids is 4. The molecule has 1 aromatic carbocycles. The van der Waals surface area contributed by atoms with Crippen LogP contribution in [0.2, 0.25) is 0 Å². The molecule has 0 aliphatic carbocycles. The fourth-order valence-corrected chi connectivity index (χ4v) is 8.67. The number of nitrogens with one attached hydrogen (secondary N) is 1. The molecule has 5 rings (SSSR count). The topological polar surface area (TPSA) is 163 Å². The number of carbonyl (C=O) groups is 4. The summed E-state index contributed by atoms with van der Waals surface area (Å²) >= 11 is 0. The lowest BCUT2D eigenvalue weighted by Gasteiger charge is -2.47. The van der Waals surface area contributed by atoms with Gasteiger partial charge in [-0.15, -0.1) is 0 Å². The minimum Gasteiger partial charge on any atom is -0.455 e. The molecule has 3 aliphatic rings. The Kier molecular flexibility index (Phi) is 13.0. The predicted octanol–water partition coefficient (Wildman–Crippen LogP) is 4.54. The quantitative estimate of drug-likeness (QED) is 0.240. The number of amides is 1. The molecule has 3 aliphatic heterocycles. The van der Waals surface area contributed by atoms with Crippen LogP contribution < -0.4 is 5.32 Å². The normalized spacial score (nSPS) is 38.5. The van der Waals surface area contributed by atoms with Gasteiger partial charge in [-0.2, -0.15) is 0 Å². The number of ether oxygens (including phenoxy) is 5. The number of hydrogen-bond acceptors (Lipinski definition) is 12. The first kappa shape index (κ1) is 43.1. The molecule has 2 N–H and O–H groups in total. The number of Topliss-reactive ketones (excluding diaryl/α,β-unsaturated/α-hetero) is 2. The molecule has 306 valence electrons. The monoisotopic (exact) mass is 781 g/mol. The first-order chi connectivity index (χ1) is 26.3. The Morgan fingerprint density at radius 2 is 1.79 bits per heavy atom. The Balaban J connectivity index is 1.63. The summed E-state index contributed by atoms with van der Waals surface area (Å²) in [5.74, 6) is -0.535. The van der Waals surface area contributed by atoms with E-state index in [0.717, 1.165) is 10.9 Å². The average Bonchev–Trinajstić information content (AvgIpc) is 3.48.